The maximum absolute atomic E-state index is 13.2. The quantitative estimate of drug-likeness (QED) is 0.374. The van der Waals surface area contributed by atoms with E-state index in [9.17, 15) is 4.79 Å². The fraction of sp³-hybridized carbons (Fsp3) is 0.458. The van der Waals surface area contributed by atoms with Crippen LogP contribution >= 0.6 is 8.81 Å². The molecule has 2 aromatic rings. The third-order valence-corrected chi connectivity index (χ3v) is 6.97. The molecule has 0 saturated carbocycles. The topological polar surface area (TPSA) is 35.5 Å². The molecule has 2 atom stereocenters. The Morgan fingerprint density at radius 2 is 1.66 bits per heavy atom. The first-order valence-corrected chi connectivity index (χ1v) is 11.5. The standard InChI is InChI=1S/C24H32NO3P/c1-5-16-25(4,7-3)17-18(6-2)29-28-24(26)23-19-12-8-10-14-21(19)27-22-15-11-9-13-20(22)23/h8-15,18,23H,5-7,16-17H2,1-4H3. The normalized spacial score (nSPS) is 16.6. The van der Waals surface area contributed by atoms with Gasteiger partial charge in [0.2, 0.25) is 0 Å². The Hall–Kier alpha value is -1.90. The van der Waals surface area contributed by atoms with Crippen molar-refractivity contribution in [2.24, 2.45) is 0 Å². The summed E-state index contributed by atoms with van der Waals surface area (Å²) in [6.45, 7) is 9.91. The first-order valence-electron chi connectivity index (χ1n) is 10.6. The van der Waals surface area contributed by atoms with Crippen LogP contribution in [0.1, 0.15) is 50.7 Å². The molecule has 0 aliphatic carbocycles. The number of hydrogen-bond acceptors (Lipinski definition) is 3. The van der Waals surface area contributed by atoms with Crippen molar-refractivity contribution in [2.75, 3.05) is 26.7 Å². The number of quaternary nitrogens is 1. The predicted octanol–water partition coefficient (Wildman–Crippen LogP) is 5.98. The Morgan fingerprint density at radius 3 is 2.17 bits per heavy atom. The minimum Gasteiger partial charge on any atom is -0.644 e. The molecule has 0 radical (unpaired) electrons. The molecule has 2 unspecified atom stereocenters. The van der Waals surface area contributed by atoms with E-state index in [2.05, 4.69) is 27.8 Å². The summed E-state index contributed by atoms with van der Waals surface area (Å²) in [6.07, 6.45) is 2.15. The van der Waals surface area contributed by atoms with Crippen molar-refractivity contribution >= 4 is 14.8 Å². The molecule has 1 aliphatic rings. The second-order valence-corrected chi connectivity index (χ2v) is 9.15. The summed E-state index contributed by atoms with van der Waals surface area (Å²) in [6, 6.07) is 15.5. The molecule has 0 fully saturated rings. The molecule has 5 heteroatoms. The van der Waals surface area contributed by atoms with Gasteiger partial charge in [-0.15, -0.1) is 0 Å². The van der Waals surface area contributed by atoms with Crippen LogP contribution in [0.4, 0.5) is 0 Å². The van der Waals surface area contributed by atoms with Gasteiger partial charge in [0.1, 0.15) is 17.4 Å². The lowest BCUT2D eigenvalue weighted by Gasteiger charge is -2.41. The van der Waals surface area contributed by atoms with Crippen LogP contribution in [0.25, 0.3) is 0 Å². The van der Waals surface area contributed by atoms with Gasteiger partial charge < -0.3 is 22.6 Å². The van der Waals surface area contributed by atoms with Crippen molar-refractivity contribution in [2.45, 2.75) is 45.2 Å². The van der Waals surface area contributed by atoms with Crippen LogP contribution in [-0.2, 0) is 9.32 Å². The second-order valence-electron chi connectivity index (χ2n) is 8.03. The third-order valence-electron chi connectivity index (χ3n) is 5.86. The van der Waals surface area contributed by atoms with Gasteiger partial charge in [-0.2, -0.15) is 0 Å². The number of carbonyl (C=O) groups is 1. The second kappa shape index (κ2) is 9.73. The zero-order chi connectivity index (χ0) is 20.9. The van der Waals surface area contributed by atoms with Crippen LogP contribution in [-0.4, -0.2) is 42.8 Å². The maximum atomic E-state index is 13.2. The van der Waals surface area contributed by atoms with Crippen LogP contribution in [0.2, 0.25) is 0 Å². The lowest BCUT2D eigenvalue weighted by Crippen LogP contribution is -2.48. The molecule has 1 aliphatic heterocycles. The Bertz CT molecular complexity index is 795. The maximum Gasteiger partial charge on any atom is 0.286 e. The molecule has 0 bridgehead atoms. The summed E-state index contributed by atoms with van der Waals surface area (Å²) >= 11 is 0. The highest BCUT2D eigenvalue weighted by molar-refractivity contribution is 7.33. The number of hydrogen-bond donors (Lipinski definition) is 0. The molecule has 1 heterocycles. The summed E-state index contributed by atoms with van der Waals surface area (Å²) in [4.78, 5) is 13.2. The van der Waals surface area contributed by atoms with Crippen LogP contribution in [0.15, 0.2) is 48.5 Å². The monoisotopic (exact) mass is 413 g/mol. The van der Waals surface area contributed by atoms with Crippen LogP contribution < -0.4 is 4.74 Å². The molecule has 4 nitrogen and oxygen atoms in total. The van der Waals surface area contributed by atoms with E-state index in [4.69, 9.17) is 9.26 Å². The number of rotatable bonds is 9. The van der Waals surface area contributed by atoms with Crippen molar-refractivity contribution in [3.8, 4) is 11.5 Å². The fourth-order valence-corrected chi connectivity index (χ4v) is 4.98. The molecule has 156 valence electrons. The van der Waals surface area contributed by atoms with Gasteiger partial charge in [0.15, 0.2) is 0 Å². The minimum atomic E-state index is -0.441. The van der Waals surface area contributed by atoms with Crippen molar-refractivity contribution in [1.82, 2.24) is 0 Å². The zero-order valence-corrected chi connectivity index (χ0v) is 18.8. The zero-order valence-electron chi connectivity index (χ0n) is 17.9. The van der Waals surface area contributed by atoms with E-state index in [1.54, 1.807) is 0 Å². The highest BCUT2D eigenvalue weighted by Gasteiger charge is 2.32. The Balaban J connectivity index is 1.75. The van der Waals surface area contributed by atoms with E-state index in [0.29, 0.717) is 5.66 Å². The van der Waals surface area contributed by atoms with Gasteiger partial charge in [-0.3, -0.25) is 4.79 Å². The number of para-hydroxylation sites is 2. The van der Waals surface area contributed by atoms with E-state index in [0.717, 1.165) is 68.4 Å². The Kier molecular flexibility index (Phi) is 7.32. The van der Waals surface area contributed by atoms with Gasteiger partial charge in [-0.05, 0) is 25.5 Å². The van der Waals surface area contributed by atoms with E-state index < -0.39 is 5.92 Å². The lowest BCUT2D eigenvalue weighted by atomic mass is 9.88. The molecular formula is C24H32NO3P. The van der Waals surface area contributed by atoms with Gasteiger partial charge in [0.05, 0.1) is 26.7 Å². The van der Waals surface area contributed by atoms with Crippen molar-refractivity contribution in [1.29, 1.82) is 0 Å². The molecule has 0 N–H and O–H groups in total. The summed E-state index contributed by atoms with van der Waals surface area (Å²) in [7, 11) is 3.06. The summed E-state index contributed by atoms with van der Waals surface area (Å²) in [5, 5.41) is 0. The van der Waals surface area contributed by atoms with Crippen LogP contribution in [0, 0.1) is 0 Å². The minimum absolute atomic E-state index is 0.200. The average Bonchev–Trinajstić information content (AvgIpc) is 2.74. The van der Waals surface area contributed by atoms with Crippen molar-refractivity contribution in [3.05, 3.63) is 59.7 Å². The Morgan fingerprint density at radius 1 is 1.07 bits per heavy atom. The first-order chi connectivity index (χ1) is 14.0. The van der Waals surface area contributed by atoms with E-state index in [1.807, 2.05) is 48.5 Å². The number of ether oxygens (including phenoxy) is 1. The molecule has 3 rings (SSSR count). The summed E-state index contributed by atoms with van der Waals surface area (Å²) in [5.41, 5.74) is 2.08. The number of carbonyl (C=O) groups excluding carboxylic acids is 1. The molecule has 0 amide bonds. The molecule has 0 saturated heterocycles. The largest absolute Gasteiger partial charge is 0.644 e. The van der Waals surface area contributed by atoms with Crippen LogP contribution in [0.5, 0.6) is 11.5 Å². The van der Waals surface area contributed by atoms with Crippen molar-refractivity contribution in [3.63, 3.8) is 0 Å². The number of benzene rings is 2. The SMILES string of the molecule is CCC[N+](C)(CC)CC(CC)[P-]OC(=O)C1c2ccccc2Oc2ccccc21. The van der Waals surface area contributed by atoms with E-state index >= 15 is 0 Å². The predicted molar refractivity (Wildman–Crippen MR) is 119 cm³/mol. The smallest absolute Gasteiger partial charge is 0.286 e. The summed E-state index contributed by atoms with van der Waals surface area (Å²) in [5.74, 6) is 0.823. The van der Waals surface area contributed by atoms with Gasteiger partial charge in [0.25, 0.3) is 5.97 Å². The number of fused-ring (bicyclic) bond motifs is 2. The Labute approximate surface area is 176 Å². The van der Waals surface area contributed by atoms with Gasteiger partial charge >= 0.3 is 0 Å². The summed E-state index contributed by atoms with van der Waals surface area (Å²) < 4.78 is 12.9. The van der Waals surface area contributed by atoms with E-state index in [-0.39, 0.29) is 5.97 Å². The highest BCUT2D eigenvalue weighted by atomic mass is 31.1. The molecule has 2 aromatic carbocycles. The van der Waals surface area contributed by atoms with Gasteiger partial charge in [0, 0.05) is 11.1 Å². The fourth-order valence-electron chi connectivity index (χ4n) is 4.01. The highest BCUT2D eigenvalue weighted by Crippen LogP contribution is 2.45. The van der Waals surface area contributed by atoms with Gasteiger partial charge in [-0.25, -0.2) is 0 Å². The van der Waals surface area contributed by atoms with Crippen molar-refractivity contribution < 1.29 is 18.5 Å². The third kappa shape index (κ3) is 4.99. The van der Waals surface area contributed by atoms with E-state index in [1.165, 1.54) is 0 Å². The molecule has 0 aromatic heterocycles. The first kappa shape index (κ1) is 21.8. The molecule has 0 spiro atoms. The van der Waals surface area contributed by atoms with Gasteiger partial charge in [-0.1, -0.05) is 62.3 Å². The average molecular weight is 413 g/mol. The number of nitrogens with zero attached hydrogens (tertiary/aromatic N) is 1. The molecular weight excluding hydrogens is 381 g/mol. The van der Waals surface area contributed by atoms with Crippen LogP contribution in [0.3, 0.4) is 0 Å². The molecule has 29 heavy (non-hydrogen) atoms. The lowest BCUT2D eigenvalue weighted by molar-refractivity contribution is -0.907.